The molecule has 0 aliphatic carbocycles. The molecule has 0 fully saturated rings. The van der Waals surface area contributed by atoms with Crippen molar-refractivity contribution in [2.75, 3.05) is 0 Å². The molecule has 0 spiro atoms. The number of hydrogen-bond acceptors (Lipinski definition) is 6. The number of halogens is 6. The summed E-state index contributed by atoms with van der Waals surface area (Å²) < 4.78 is 81.0. The van der Waals surface area contributed by atoms with Crippen LogP contribution in [0.4, 0.5) is 26.3 Å². The lowest BCUT2D eigenvalue weighted by Crippen LogP contribution is -2.35. The van der Waals surface area contributed by atoms with E-state index in [2.05, 4.69) is 20.1 Å². The normalized spacial score (nSPS) is 14.2. The van der Waals surface area contributed by atoms with Crippen molar-refractivity contribution in [1.82, 2.24) is 10.6 Å². The first-order valence-electron chi connectivity index (χ1n) is 14.3. The summed E-state index contributed by atoms with van der Waals surface area (Å²) in [6, 6.07) is 9.71. The molecule has 2 amide bonds. The molecule has 3 atom stereocenters. The SMILES string of the molecule is C[C@H](NC(=O)CC(=O)C(C)(C)C)c1cccc(OC(F)(F)F)c1.C[C@H](NC(=O)CC(O)C(C)(C)C)c1cccc(OC(F)(F)F)c1. The van der Waals surface area contributed by atoms with Crippen LogP contribution in [0.3, 0.4) is 0 Å². The van der Waals surface area contributed by atoms with Gasteiger partial charge in [-0.05, 0) is 54.7 Å². The van der Waals surface area contributed by atoms with Crippen LogP contribution in [0.15, 0.2) is 48.5 Å². The van der Waals surface area contributed by atoms with Crippen LogP contribution < -0.4 is 20.1 Å². The van der Waals surface area contributed by atoms with Crippen molar-refractivity contribution in [3.8, 4) is 11.5 Å². The second-order valence-corrected chi connectivity index (χ2v) is 12.8. The maximum atomic E-state index is 12.2. The highest BCUT2D eigenvalue weighted by atomic mass is 19.4. The minimum atomic E-state index is -4.77. The zero-order chi connectivity index (χ0) is 35.7. The van der Waals surface area contributed by atoms with E-state index in [9.17, 15) is 45.8 Å². The van der Waals surface area contributed by atoms with Crippen molar-refractivity contribution in [2.45, 2.75) is 99.1 Å². The summed E-state index contributed by atoms with van der Waals surface area (Å²) in [5.74, 6) is -1.76. The van der Waals surface area contributed by atoms with Crippen molar-refractivity contribution in [2.24, 2.45) is 10.8 Å². The summed E-state index contributed by atoms with van der Waals surface area (Å²) >= 11 is 0. The Labute approximate surface area is 264 Å². The van der Waals surface area contributed by atoms with Gasteiger partial charge < -0.3 is 25.2 Å². The fourth-order valence-corrected chi connectivity index (χ4v) is 3.61. The first-order chi connectivity index (χ1) is 20.8. The molecule has 2 aromatic carbocycles. The molecule has 3 N–H and O–H groups in total. The van der Waals surface area contributed by atoms with Gasteiger partial charge in [0.1, 0.15) is 17.3 Å². The molecule has 0 saturated heterocycles. The van der Waals surface area contributed by atoms with Crippen molar-refractivity contribution < 1.29 is 55.3 Å². The number of benzene rings is 2. The van der Waals surface area contributed by atoms with Crippen molar-refractivity contribution in [3.63, 3.8) is 0 Å². The van der Waals surface area contributed by atoms with Gasteiger partial charge in [0.15, 0.2) is 0 Å². The van der Waals surface area contributed by atoms with E-state index in [0.29, 0.717) is 11.1 Å². The van der Waals surface area contributed by atoms with Gasteiger partial charge in [-0.15, -0.1) is 26.3 Å². The van der Waals surface area contributed by atoms with Crippen LogP contribution in [-0.4, -0.2) is 41.5 Å². The molecule has 0 radical (unpaired) electrons. The molecule has 0 heterocycles. The number of rotatable bonds is 10. The van der Waals surface area contributed by atoms with Crippen LogP contribution in [0.5, 0.6) is 11.5 Å². The van der Waals surface area contributed by atoms with Crippen LogP contribution in [0.25, 0.3) is 0 Å². The molecule has 1 unspecified atom stereocenters. The minimum Gasteiger partial charge on any atom is -0.406 e. The molecule has 2 aromatic rings. The summed E-state index contributed by atoms with van der Waals surface area (Å²) in [7, 11) is 0. The number of Topliss-reactive ketones (excluding diaryl/α,β-unsaturated/α-hetero) is 1. The predicted octanol–water partition coefficient (Wildman–Crippen LogP) is 7.33. The number of aliphatic hydroxyl groups is 1. The van der Waals surface area contributed by atoms with Gasteiger partial charge in [-0.2, -0.15) is 0 Å². The largest absolute Gasteiger partial charge is 0.573 e. The van der Waals surface area contributed by atoms with Gasteiger partial charge in [0, 0.05) is 5.41 Å². The maximum absolute atomic E-state index is 12.2. The number of nitrogens with one attached hydrogen (secondary N) is 2. The second-order valence-electron chi connectivity index (χ2n) is 12.8. The highest BCUT2D eigenvalue weighted by Gasteiger charge is 2.32. The fourth-order valence-electron chi connectivity index (χ4n) is 3.61. The van der Waals surface area contributed by atoms with Crippen molar-refractivity contribution in [1.29, 1.82) is 0 Å². The number of amides is 2. The van der Waals surface area contributed by atoms with Crippen LogP contribution in [0.1, 0.15) is 91.4 Å². The van der Waals surface area contributed by atoms with E-state index in [0.717, 1.165) is 0 Å². The number of ketones is 1. The number of hydrogen-bond donors (Lipinski definition) is 3. The Hall–Kier alpha value is -3.81. The molecule has 0 aliphatic rings. The van der Waals surface area contributed by atoms with E-state index in [4.69, 9.17) is 0 Å². The van der Waals surface area contributed by atoms with Crippen molar-refractivity contribution >= 4 is 17.6 Å². The fraction of sp³-hybridized carbons (Fsp3) is 0.531. The summed E-state index contributed by atoms with van der Waals surface area (Å²) in [4.78, 5) is 35.6. The zero-order valence-corrected chi connectivity index (χ0v) is 27.0. The minimum absolute atomic E-state index is 0.0768. The highest BCUT2D eigenvalue weighted by molar-refractivity contribution is 6.00. The van der Waals surface area contributed by atoms with E-state index in [1.54, 1.807) is 46.8 Å². The Bertz CT molecular complexity index is 1320. The average molecular weight is 665 g/mol. The van der Waals surface area contributed by atoms with Gasteiger partial charge in [0.25, 0.3) is 0 Å². The molecule has 0 saturated carbocycles. The summed E-state index contributed by atoms with van der Waals surface area (Å²) in [5, 5.41) is 15.2. The molecule has 0 bridgehead atoms. The van der Waals surface area contributed by atoms with Crippen LogP contribution in [0, 0.1) is 10.8 Å². The molecule has 0 aliphatic heterocycles. The number of aliphatic hydroxyl groups excluding tert-OH is 1. The summed E-state index contributed by atoms with van der Waals surface area (Å²) in [5.41, 5.74) is -0.129. The number of ether oxygens (including phenoxy) is 2. The maximum Gasteiger partial charge on any atom is 0.573 e. The molecule has 14 heteroatoms. The van der Waals surface area contributed by atoms with Crippen LogP contribution in [0.2, 0.25) is 0 Å². The Morgan fingerprint density at radius 2 is 1.11 bits per heavy atom. The highest BCUT2D eigenvalue weighted by Crippen LogP contribution is 2.27. The molecular weight excluding hydrogens is 622 g/mol. The smallest absolute Gasteiger partial charge is 0.406 e. The molecule has 0 aromatic heterocycles. The third kappa shape index (κ3) is 16.0. The molecule has 8 nitrogen and oxygen atoms in total. The average Bonchev–Trinajstić information content (AvgIpc) is 2.86. The standard InChI is InChI=1S/C16H22F3NO3.C16H20F3NO3/c2*1-10(20-14(22)9-13(21)15(2,3)4)11-6-5-7-12(8-11)23-16(17,18)19/h5-8,10,13,21H,9H2,1-4H3,(H,20,22);5-8,10H,9H2,1-4H3,(H,20,22)/t10-,13?;10-/m00/s1. The molecule has 258 valence electrons. The number of alkyl halides is 6. The van der Waals surface area contributed by atoms with Gasteiger partial charge in [-0.1, -0.05) is 65.8 Å². The van der Waals surface area contributed by atoms with E-state index in [1.807, 2.05) is 20.8 Å². The quantitative estimate of drug-likeness (QED) is 0.181. The van der Waals surface area contributed by atoms with E-state index >= 15 is 0 Å². The second kappa shape index (κ2) is 16.1. The van der Waals surface area contributed by atoms with E-state index in [-0.39, 0.29) is 36.0 Å². The lowest BCUT2D eigenvalue weighted by atomic mass is 9.87. The zero-order valence-electron chi connectivity index (χ0n) is 27.0. The molecular formula is C32H42F6N2O6. The van der Waals surface area contributed by atoms with Gasteiger partial charge in [0.05, 0.1) is 31.0 Å². The van der Waals surface area contributed by atoms with E-state index in [1.165, 1.54) is 36.4 Å². The van der Waals surface area contributed by atoms with Gasteiger partial charge in [-0.25, -0.2) is 0 Å². The number of carbonyl (C=O) groups excluding carboxylic acids is 3. The first-order valence-corrected chi connectivity index (χ1v) is 14.3. The van der Waals surface area contributed by atoms with E-state index < -0.39 is 47.6 Å². The first kappa shape index (κ1) is 40.2. The Balaban J connectivity index is 0.000000460. The van der Waals surface area contributed by atoms with Crippen molar-refractivity contribution in [3.05, 3.63) is 59.7 Å². The third-order valence-electron chi connectivity index (χ3n) is 6.47. The summed E-state index contributed by atoms with van der Waals surface area (Å²) in [6.45, 7) is 13.8. The monoisotopic (exact) mass is 664 g/mol. The third-order valence-corrected chi connectivity index (χ3v) is 6.47. The van der Waals surface area contributed by atoms with Crippen LogP contribution >= 0.6 is 0 Å². The lowest BCUT2D eigenvalue weighted by Gasteiger charge is -2.26. The Morgan fingerprint density at radius 1 is 0.717 bits per heavy atom. The molecule has 2 rings (SSSR count). The summed E-state index contributed by atoms with van der Waals surface area (Å²) in [6.07, 6.45) is -10.7. The molecule has 46 heavy (non-hydrogen) atoms. The van der Waals surface area contributed by atoms with Gasteiger partial charge in [0.2, 0.25) is 11.8 Å². The number of carbonyl (C=O) groups is 3. The van der Waals surface area contributed by atoms with Crippen LogP contribution in [-0.2, 0) is 14.4 Å². The van der Waals surface area contributed by atoms with Gasteiger partial charge >= 0.3 is 12.7 Å². The van der Waals surface area contributed by atoms with Gasteiger partial charge in [-0.3, -0.25) is 14.4 Å². The predicted molar refractivity (Wildman–Crippen MR) is 159 cm³/mol. The Kier molecular flexibility index (Phi) is 14.1. The lowest BCUT2D eigenvalue weighted by molar-refractivity contribution is -0.275. The Morgan fingerprint density at radius 3 is 1.46 bits per heavy atom. The topological polar surface area (TPSA) is 114 Å².